The van der Waals surface area contributed by atoms with Gasteiger partial charge >= 0.3 is 0 Å². The zero-order valence-electron chi connectivity index (χ0n) is 11.3. The zero-order valence-corrected chi connectivity index (χ0v) is 11.3. The van der Waals surface area contributed by atoms with Gasteiger partial charge in [0.15, 0.2) is 0 Å². The number of nitrogens with zero attached hydrogens (tertiary/aromatic N) is 2. The van der Waals surface area contributed by atoms with Gasteiger partial charge in [0.05, 0.1) is 0 Å². The first kappa shape index (κ1) is 16.1. The van der Waals surface area contributed by atoms with Crippen molar-refractivity contribution in [2.24, 2.45) is 10.8 Å². The molecule has 0 aliphatic rings. The average Bonchev–Trinajstić information content (AvgIpc) is 2.36. The van der Waals surface area contributed by atoms with Gasteiger partial charge in [-0.1, -0.05) is 6.92 Å². The maximum Gasteiger partial charge on any atom is 0.205 e. The minimum absolute atomic E-state index is 0.644. The van der Waals surface area contributed by atoms with Gasteiger partial charge in [-0.25, -0.2) is 5.84 Å². The lowest BCUT2D eigenvalue weighted by atomic mass is 10.4. The first-order chi connectivity index (χ1) is 8.24. The van der Waals surface area contributed by atoms with Crippen LogP contribution in [0.3, 0.4) is 0 Å². The summed E-state index contributed by atoms with van der Waals surface area (Å²) < 4.78 is 5.23. The summed E-state index contributed by atoms with van der Waals surface area (Å²) in [6.45, 7) is 9.18. The van der Waals surface area contributed by atoms with Crippen LogP contribution in [0.2, 0.25) is 0 Å². The molecular weight excluding hydrogens is 218 g/mol. The molecule has 0 aliphatic heterocycles. The summed E-state index contributed by atoms with van der Waals surface area (Å²) in [5.41, 5.74) is 2.56. The fourth-order valence-corrected chi connectivity index (χ4v) is 1.18. The Labute approximate surface area is 105 Å². The van der Waals surface area contributed by atoms with E-state index >= 15 is 0 Å². The fraction of sp³-hybridized carbons (Fsp3) is 0.909. The van der Waals surface area contributed by atoms with Crippen molar-refractivity contribution in [3.05, 3.63) is 0 Å². The van der Waals surface area contributed by atoms with Crippen LogP contribution in [0.4, 0.5) is 0 Å². The Morgan fingerprint density at radius 1 is 1.41 bits per heavy atom. The molecule has 0 bridgehead atoms. The van der Waals surface area contributed by atoms with Crippen molar-refractivity contribution in [1.82, 2.24) is 15.6 Å². The van der Waals surface area contributed by atoms with Gasteiger partial charge in [0, 0.05) is 32.8 Å². The second-order valence-corrected chi connectivity index (χ2v) is 3.75. The van der Waals surface area contributed by atoms with Crippen LogP contribution in [-0.2, 0) is 4.74 Å². The van der Waals surface area contributed by atoms with E-state index in [1.54, 1.807) is 0 Å². The van der Waals surface area contributed by atoms with Crippen molar-refractivity contribution >= 4 is 5.96 Å². The zero-order chi connectivity index (χ0) is 12.9. The maximum atomic E-state index is 5.37. The number of hydrogen-bond donors (Lipinski definition) is 3. The van der Waals surface area contributed by atoms with Gasteiger partial charge in [-0.2, -0.15) is 0 Å². The number of nitrogens with one attached hydrogen (secondary N) is 2. The Morgan fingerprint density at radius 3 is 2.76 bits per heavy atom. The standard InChI is InChI=1S/C11H27N5O/c1-4-16(3)9-8-14-11(15-12)13-7-6-10-17-5-2/h4-10,12H2,1-3H3,(H2,13,14,15). The third kappa shape index (κ3) is 10.0. The van der Waals surface area contributed by atoms with Gasteiger partial charge in [-0.15, -0.1) is 0 Å². The van der Waals surface area contributed by atoms with Crippen molar-refractivity contribution < 1.29 is 4.74 Å². The molecule has 6 nitrogen and oxygen atoms in total. The van der Waals surface area contributed by atoms with Crippen LogP contribution in [0, 0.1) is 0 Å². The summed E-state index contributed by atoms with van der Waals surface area (Å²) in [6, 6.07) is 0. The van der Waals surface area contributed by atoms with Gasteiger partial charge in [0.25, 0.3) is 0 Å². The third-order valence-corrected chi connectivity index (χ3v) is 2.38. The Bertz CT molecular complexity index is 198. The topological polar surface area (TPSA) is 74.9 Å². The molecule has 0 atom stereocenters. The molecule has 0 spiro atoms. The van der Waals surface area contributed by atoms with Gasteiger partial charge in [-0.3, -0.25) is 10.4 Å². The number of hydrazine groups is 1. The highest BCUT2D eigenvalue weighted by molar-refractivity contribution is 5.79. The Morgan fingerprint density at radius 2 is 2.18 bits per heavy atom. The predicted octanol–water partition coefficient (Wildman–Crippen LogP) is -0.226. The Hall–Kier alpha value is -0.850. The van der Waals surface area contributed by atoms with Gasteiger partial charge in [0.2, 0.25) is 5.96 Å². The van der Waals surface area contributed by atoms with Crippen LogP contribution >= 0.6 is 0 Å². The van der Waals surface area contributed by atoms with Crippen LogP contribution in [0.25, 0.3) is 0 Å². The lowest BCUT2D eigenvalue weighted by Gasteiger charge is -2.15. The number of aliphatic imine (C=N–C) groups is 1. The highest BCUT2D eigenvalue weighted by Gasteiger charge is 1.97. The molecule has 0 amide bonds. The average molecular weight is 245 g/mol. The fourth-order valence-electron chi connectivity index (χ4n) is 1.18. The van der Waals surface area contributed by atoms with E-state index in [-0.39, 0.29) is 0 Å². The monoisotopic (exact) mass is 245 g/mol. The SMILES string of the molecule is CCOCCCN=C(NN)NCCN(C)CC. The Kier molecular flexibility index (Phi) is 11.0. The summed E-state index contributed by atoms with van der Waals surface area (Å²) in [5, 5.41) is 3.16. The molecular formula is C11H27N5O. The number of rotatable bonds is 9. The quantitative estimate of drug-likeness (QED) is 0.172. The molecule has 0 saturated carbocycles. The van der Waals surface area contributed by atoms with Crippen molar-refractivity contribution in [2.45, 2.75) is 20.3 Å². The van der Waals surface area contributed by atoms with Crippen molar-refractivity contribution in [3.8, 4) is 0 Å². The van der Waals surface area contributed by atoms with E-state index in [0.29, 0.717) is 5.96 Å². The summed E-state index contributed by atoms with van der Waals surface area (Å²) >= 11 is 0. The molecule has 6 heteroatoms. The van der Waals surface area contributed by atoms with Gasteiger partial charge in [-0.05, 0) is 26.9 Å². The molecule has 0 aromatic carbocycles. The number of likely N-dealkylation sites (N-methyl/N-ethyl adjacent to an activating group) is 1. The molecule has 0 fully saturated rings. The summed E-state index contributed by atoms with van der Waals surface area (Å²) in [5.74, 6) is 6.02. The van der Waals surface area contributed by atoms with E-state index in [0.717, 1.165) is 45.8 Å². The second kappa shape index (κ2) is 11.6. The number of hydrogen-bond acceptors (Lipinski definition) is 4. The predicted molar refractivity (Wildman–Crippen MR) is 71.9 cm³/mol. The van der Waals surface area contributed by atoms with E-state index in [1.807, 2.05) is 6.92 Å². The molecule has 17 heavy (non-hydrogen) atoms. The highest BCUT2D eigenvalue weighted by Crippen LogP contribution is 1.84. The molecule has 0 saturated heterocycles. The van der Waals surface area contributed by atoms with E-state index in [4.69, 9.17) is 10.6 Å². The minimum Gasteiger partial charge on any atom is -0.382 e. The lowest BCUT2D eigenvalue weighted by Crippen LogP contribution is -2.44. The third-order valence-electron chi connectivity index (χ3n) is 2.38. The van der Waals surface area contributed by atoms with E-state index in [1.165, 1.54) is 0 Å². The number of ether oxygens (including phenoxy) is 1. The van der Waals surface area contributed by atoms with Gasteiger partial charge < -0.3 is 15.0 Å². The van der Waals surface area contributed by atoms with E-state index < -0.39 is 0 Å². The Balaban J connectivity index is 3.63. The molecule has 102 valence electrons. The molecule has 0 radical (unpaired) electrons. The van der Waals surface area contributed by atoms with Crippen molar-refractivity contribution in [3.63, 3.8) is 0 Å². The number of nitrogens with two attached hydrogens (primary N) is 1. The molecule has 0 rings (SSSR count). The molecule has 0 aliphatic carbocycles. The summed E-state index contributed by atoms with van der Waals surface area (Å²) in [7, 11) is 2.08. The summed E-state index contributed by atoms with van der Waals surface area (Å²) in [6.07, 6.45) is 0.912. The molecule has 4 N–H and O–H groups in total. The van der Waals surface area contributed by atoms with Gasteiger partial charge in [0.1, 0.15) is 0 Å². The highest BCUT2D eigenvalue weighted by atomic mass is 16.5. The maximum absolute atomic E-state index is 5.37. The second-order valence-electron chi connectivity index (χ2n) is 3.75. The first-order valence-corrected chi connectivity index (χ1v) is 6.25. The van der Waals surface area contributed by atoms with Crippen LogP contribution in [-0.4, -0.2) is 57.3 Å². The van der Waals surface area contributed by atoms with Crippen LogP contribution in [0.1, 0.15) is 20.3 Å². The molecule has 0 aromatic heterocycles. The smallest absolute Gasteiger partial charge is 0.205 e. The molecule has 0 heterocycles. The van der Waals surface area contributed by atoms with Crippen LogP contribution in [0.15, 0.2) is 4.99 Å². The van der Waals surface area contributed by atoms with Crippen molar-refractivity contribution in [1.29, 1.82) is 0 Å². The minimum atomic E-state index is 0.644. The molecule has 0 aromatic rings. The largest absolute Gasteiger partial charge is 0.382 e. The van der Waals surface area contributed by atoms with E-state index in [2.05, 4.69) is 34.6 Å². The van der Waals surface area contributed by atoms with E-state index in [9.17, 15) is 0 Å². The normalized spacial score (nSPS) is 11.9. The number of guanidine groups is 1. The lowest BCUT2D eigenvalue weighted by molar-refractivity contribution is 0.146. The van der Waals surface area contributed by atoms with Crippen LogP contribution in [0.5, 0.6) is 0 Å². The summed E-state index contributed by atoms with van der Waals surface area (Å²) in [4.78, 5) is 6.53. The first-order valence-electron chi connectivity index (χ1n) is 6.25. The molecule has 0 unspecified atom stereocenters. The van der Waals surface area contributed by atoms with Crippen molar-refractivity contribution in [2.75, 3.05) is 46.4 Å². The van der Waals surface area contributed by atoms with Crippen LogP contribution < -0.4 is 16.6 Å².